The lowest BCUT2D eigenvalue weighted by Crippen LogP contribution is -2.28. The minimum Gasteiger partial charge on any atom is -0.368 e. The van der Waals surface area contributed by atoms with E-state index in [1.165, 1.54) is 6.07 Å². The molecule has 0 spiro atoms. The van der Waals surface area contributed by atoms with Crippen LogP contribution in [0.4, 0.5) is 10.2 Å². The van der Waals surface area contributed by atoms with Crippen LogP contribution in [0.15, 0.2) is 42.9 Å². The van der Waals surface area contributed by atoms with Crippen LogP contribution in [0.5, 0.6) is 0 Å². The van der Waals surface area contributed by atoms with Crippen LogP contribution < -0.4 is 5.32 Å². The van der Waals surface area contributed by atoms with Crippen molar-refractivity contribution in [3.63, 3.8) is 0 Å². The first-order chi connectivity index (χ1) is 8.58. The van der Waals surface area contributed by atoms with Gasteiger partial charge < -0.3 is 5.32 Å². The number of nitrogens with one attached hydrogen (secondary N) is 1. The summed E-state index contributed by atoms with van der Waals surface area (Å²) in [6.45, 7) is 4.78. The molecule has 0 unspecified atom stereocenters. The Morgan fingerprint density at radius 1 is 1.28 bits per heavy atom. The molecule has 94 valence electrons. The van der Waals surface area contributed by atoms with Crippen molar-refractivity contribution in [2.45, 2.75) is 19.3 Å². The number of halogens is 1. The molecule has 0 atom stereocenters. The topological polar surface area (TPSA) is 37.8 Å². The summed E-state index contributed by atoms with van der Waals surface area (Å²) >= 11 is 0. The summed E-state index contributed by atoms with van der Waals surface area (Å²) in [5.74, 6) is 0.516. The minimum atomic E-state index is -0.208. The molecule has 2 rings (SSSR count). The highest BCUT2D eigenvalue weighted by molar-refractivity contribution is 5.33. The van der Waals surface area contributed by atoms with Gasteiger partial charge in [0.05, 0.1) is 6.20 Å². The summed E-state index contributed by atoms with van der Waals surface area (Å²) in [4.78, 5) is 8.13. The molecule has 18 heavy (non-hydrogen) atoms. The van der Waals surface area contributed by atoms with E-state index >= 15 is 0 Å². The zero-order valence-corrected chi connectivity index (χ0v) is 10.5. The molecule has 0 amide bonds. The van der Waals surface area contributed by atoms with E-state index in [9.17, 15) is 4.39 Å². The quantitative estimate of drug-likeness (QED) is 0.899. The summed E-state index contributed by atoms with van der Waals surface area (Å²) in [6.07, 6.45) is 4.93. The first kappa shape index (κ1) is 12.5. The van der Waals surface area contributed by atoms with Crippen LogP contribution in [0.3, 0.4) is 0 Å². The molecule has 0 saturated heterocycles. The maximum Gasteiger partial charge on any atom is 0.144 e. The van der Waals surface area contributed by atoms with Crippen LogP contribution in [0.2, 0.25) is 0 Å². The number of hydrogen-bond donors (Lipinski definition) is 1. The molecule has 0 bridgehead atoms. The summed E-state index contributed by atoms with van der Waals surface area (Å²) in [7, 11) is 0. The Labute approximate surface area is 106 Å². The number of benzene rings is 1. The van der Waals surface area contributed by atoms with Gasteiger partial charge in [0.1, 0.15) is 11.6 Å². The SMILES string of the molecule is CC(C)(CNc1cnccn1)c1cccc(F)c1. The fourth-order valence-corrected chi connectivity index (χ4v) is 1.71. The van der Waals surface area contributed by atoms with Gasteiger partial charge in [0.15, 0.2) is 0 Å². The van der Waals surface area contributed by atoms with Crippen molar-refractivity contribution in [2.75, 3.05) is 11.9 Å². The van der Waals surface area contributed by atoms with Crippen LogP contribution in [0, 0.1) is 5.82 Å². The Kier molecular flexibility index (Phi) is 3.55. The molecule has 2 aromatic rings. The average molecular weight is 245 g/mol. The monoisotopic (exact) mass is 245 g/mol. The van der Waals surface area contributed by atoms with Crippen molar-refractivity contribution < 1.29 is 4.39 Å². The molecule has 0 fully saturated rings. The zero-order chi connectivity index (χ0) is 13.0. The standard InChI is InChI=1S/C14H16FN3/c1-14(2,11-4-3-5-12(15)8-11)10-18-13-9-16-6-7-17-13/h3-9H,10H2,1-2H3,(H,17,18). The van der Waals surface area contributed by atoms with Gasteiger partial charge in [-0.05, 0) is 17.7 Å². The van der Waals surface area contributed by atoms with Gasteiger partial charge in [-0.15, -0.1) is 0 Å². The third-order valence-electron chi connectivity index (χ3n) is 2.88. The number of aromatic nitrogens is 2. The molecular formula is C14H16FN3. The molecule has 0 aliphatic rings. The highest BCUT2D eigenvalue weighted by atomic mass is 19.1. The van der Waals surface area contributed by atoms with E-state index in [0.29, 0.717) is 6.54 Å². The molecule has 0 radical (unpaired) electrons. The second kappa shape index (κ2) is 5.12. The van der Waals surface area contributed by atoms with Gasteiger partial charge in [-0.25, -0.2) is 9.37 Å². The van der Waals surface area contributed by atoms with E-state index in [1.807, 2.05) is 6.07 Å². The maximum absolute atomic E-state index is 13.2. The Bertz CT molecular complexity index is 511. The molecule has 1 aromatic carbocycles. The first-order valence-electron chi connectivity index (χ1n) is 5.84. The fourth-order valence-electron chi connectivity index (χ4n) is 1.71. The van der Waals surface area contributed by atoms with Crippen LogP contribution in [0.25, 0.3) is 0 Å². The maximum atomic E-state index is 13.2. The van der Waals surface area contributed by atoms with E-state index in [-0.39, 0.29) is 11.2 Å². The number of hydrogen-bond acceptors (Lipinski definition) is 3. The van der Waals surface area contributed by atoms with Gasteiger partial charge in [0.25, 0.3) is 0 Å². The van der Waals surface area contributed by atoms with Gasteiger partial charge >= 0.3 is 0 Å². The predicted octanol–water partition coefficient (Wildman–Crippen LogP) is 3.01. The van der Waals surface area contributed by atoms with Crippen molar-refractivity contribution in [2.24, 2.45) is 0 Å². The summed E-state index contributed by atoms with van der Waals surface area (Å²) in [6, 6.07) is 6.68. The van der Waals surface area contributed by atoms with E-state index in [2.05, 4.69) is 29.1 Å². The molecule has 0 saturated carbocycles. The normalized spacial score (nSPS) is 11.3. The van der Waals surface area contributed by atoms with E-state index in [0.717, 1.165) is 11.4 Å². The number of rotatable bonds is 4. The summed E-state index contributed by atoms with van der Waals surface area (Å²) < 4.78 is 13.2. The number of anilines is 1. The molecular weight excluding hydrogens is 229 g/mol. The summed E-state index contributed by atoms with van der Waals surface area (Å²) in [5, 5.41) is 3.21. The van der Waals surface area contributed by atoms with Gasteiger partial charge in [-0.2, -0.15) is 0 Å². The lowest BCUT2D eigenvalue weighted by Gasteiger charge is -2.25. The molecule has 0 aliphatic heterocycles. The molecule has 1 N–H and O–H groups in total. The van der Waals surface area contributed by atoms with E-state index in [4.69, 9.17) is 0 Å². The fraction of sp³-hybridized carbons (Fsp3) is 0.286. The van der Waals surface area contributed by atoms with Gasteiger partial charge in [-0.1, -0.05) is 26.0 Å². The Morgan fingerprint density at radius 2 is 2.11 bits per heavy atom. The predicted molar refractivity (Wildman–Crippen MR) is 69.9 cm³/mol. The Morgan fingerprint density at radius 3 is 2.78 bits per heavy atom. The molecule has 0 aliphatic carbocycles. The van der Waals surface area contributed by atoms with Gasteiger partial charge in [0.2, 0.25) is 0 Å². The van der Waals surface area contributed by atoms with Crippen LogP contribution in [-0.2, 0) is 5.41 Å². The van der Waals surface area contributed by atoms with Crippen molar-refractivity contribution in [1.29, 1.82) is 0 Å². The molecule has 1 heterocycles. The van der Waals surface area contributed by atoms with Crippen LogP contribution >= 0.6 is 0 Å². The second-order valence-corrected chi connectivity index (χ2v) is 4.84. The lowest BCUT2D eigenvalue weighted by atomic mass is 9.84. The average Bonchev–Trinajstić information content (AvgIpc) is 2.38. The Balaban J connectivity index is 2.08. The van der Waals surface area contributed by atoms with Crippen LogP contribution in [-0.4, -0.2) is 16.5 Å². The first-order valence-corrected chi connectivity index (χ1v) is 5.84. The highest BCUT2D eigenvalue weighted by Crippen LogP contribution is 2.23. The van der Waals surface area contributed by atoms with E-state index in [1.54, 1.807) is 30.7 Å². The van der Waals surface area contributed by atoms with Crippen molar-refractivity contribution >= 4 is 5.82 Å². The Hall–Kier alpha value is -1.97. The highest BCUT2D eigenvalue weighted by Gasteiger charge is 2.20. The zero-order valence-electron chi connectivity index (χ0n) is 10.5. The largest absolute Gasteiger partial charge is 0.368 e. The minimum absolute atomic E-state index is 0.181. The van der Waals surface area contributed by atoms with Gasteiger partial charge in [-0.3, -0.25) is 4.98 Å². The third kappa shape index (κ3) is 3.03. The van der Waals surface area contributed by atoms with E-state index < -0.39 is 0 Å². The molecule has 4 heteroatoms. The molecule has 3 nitrogen and oxygen atoms in total. The smallest absolute Gasteiger partial charge is 0.144 e. The third-order valence-corrected chi connectivity index (χ3v) is 2.88. The molecule has 1 aromatic heterocycles. The second-order valence-electron chi connectivity index (χ2n) is 4.84. The van der Waals surface area contributed by atoms with Crippen LogP contribution in [0.1, 0.15) is 19.4 Å². The van der Waals surface area contributed by atoms with Crippen molar-refractivity contribution in [3.8, 4) is 0 Å². The van der Waals surface area contributed by atoms with Gasteiger partial charge in [0, 0.05) is 24.4 Å². The number of nitrogens with zero attached hydrogens (tertiary/aromatic N) is 2. The lowest BCUT2D eigenvalue weighted by molar-refractivity contribution is 0.545. The van der Waals surface area contributed by atoms with Crippen molar-refractivity contribution in [3.05, 3.63) is 54.2 Å². The summed E-state index contributed by atoms with van der Waals surface area (Å²) in [5.41, 5.74) is 0.776. The van der Waals surface area contributed by atoms with Crippen molar-refractivity contribution in [1.82, 2.24) is 9.97 Å².